The van der Waals surface area contributed by atoms with Crippen LogP contribution in [-0.4, -0.2) is 49.9 Å². The summed E-state index contributed by atoms with van der Waals surface area (Å²) in [6.07, 6.45) is 0. The van der Waals surface area contributed by atoms with Gasteiger partial charge >= 0.3 is 0 Å². The van der Waals surface area contributed by atoms with Crippen LogP contribution in [0.1, 0.15) is 11.1 Å². The molecule has 5 heteroatoms. The van der Waals surface area contributed by atoms with Gasteiger partial charge in [-0.05, 0) is 32.8 Å². The standard InChI is InChI=1S/C13H21ClN4/c1-17(2)6-7-18(3)9-11-5-4-10(13(15)16)8-12(11)14/h4-5,8H,6-7,9H2,1-3H3,(H3,15,16). The second-order valence-corrected chi connectivity index (χ2v) is 5.17. The van der Waals surface area contributed by atoms with E-state index in [1.807, 2.05) is 12.1 Å². The van der Waals surface area contributed by atoms with E-state index in [0.717, 1.165) is 25.2 Å². The highest BCUT2D eigenvalue weighted by molar-refractivity contribution is 6.31. The van der Waals surface area contributed by atoms with Crippen molar-refractivity contribution in [2.24, 2.45) is 5.73 Å². The number of rotatable bonds is 6. The van der Waals surface area contributed by atoms with E-state index >= 15 is 0 Å². The van der Waals surface area contributed by atoms with Crippen LogP contribution in [0.4, 0.5) is 0 Å². The number of halogens is 1. The zero-order valence-corrected chi connectivity index (χ0v) is 12.0. The zero-order valence-electron chi connectivity index (χ0n) is 11.2. The molecule has 1 aromatic rings. The Morgan fingerprint density at radius 3 is 2.44 bits per heavy atom. The van der Waals surface area contributed by atoms with E-state index < -0.39 is 0 Å². The van der Waals surface area contributed by atoms with Crippen molar-refractivity contribution in [1.82, 2.24) is 9.80 Å². The normalized spacial score (nSPS) is 11.2. The van der Waals surface area contributed by atoms with E-state index in [1.165, 1.54) is 0 Å². The first-order valence-corrected chi connectivity index (χ1v) is 6.24. The van der Waals surface area contributed by atoms with Gasteiger partial charge in [0.2, 0.25) is 0 Å². The average Bonchev–Trinajstić information content (AvgIpc) is 2.29. The fourth-order valence-corrected chi connectivity index (χ4v) is 1.82. The van der Waals surface area contributed by atoms with Crippen molar-refractivity contribution in [3.05, 3.63) is 34.3 Å². The number of nitrogens with one attached hydrogen (secondary N) is 1. The maximum atomic E-state index is 7.36. The minimum atomic E-state index is 0.0458. The lowest BCUT2D eigenvalue weighted by atomic mass is 10.1. The van der Waals surface area contributed by atoms with Crippen molar-refractivity contribution in [2.45, 2.75) is 6.54 Å². The van der Waals surface area contributed by atoms with Crippen LogP contribution in [0.15, 0.2) is 18.2 Å². The molecule has 1 aromatic carbocycles. The average molecular weight is 269 g/mol. The molecule has 0 radical (unpaired) electrons. The summed E-state index contributed by atoms with van der Waals surface area (Å²) < 4.78 is 0. The quantitative estimate of drug-likeness (QED) is 0.609. The number of nitrogens with two attached hydrogens (primary N) is 1. The molecule has 0 bridgehead atoms. The second kappa shape index (κ2) is 6.73. The van der Waals surface area contributed by atoms with Crippen molar-refractivity contribution >= 4 is 17.4 Å². The number of benzene rings is 1. The van der Waals surface area contributed by atoms with Gasteiger partial charge in [-0.15, -0.1) is 0 Å². The molecule has 0 aliphatic heterocycles. The molecule has 0 saturated carbocycles. The number of hydrogen-bond donors (Lipinski definition) is 2. The highest BCUT2D eigenvalue weighted by atomic mass is 35.5. The molecule has 0 aliphatic carbocycles. The summed E-state index contributed by atoms with van der Waals surface area (Å²) in [5.74, 6) is 0.0458. The molecule has 0 atom stereocenters. The third-order valence-corrected chi connectivity index (χ3v) is 3.09. The highest BCUT2D eigenvalue weighted by Crippen LogP contribution is 2.19. The largest absolute Gasteiger partial charge is 0.384 e. The van der Waals surface area contributed by atoms with E-state index in [-0.39, 0.29) is 5.84 Å². The highest BCUT2D eigenvalue weighted by Gasteiger charge is 2.07. The Kier molecular flexibility index (Phi) is 5.59. The summed E-state index contributed by atoms with van der Waals surface area (Å²) in [5, 5.41) is 8.03. The van der Waals surface area contributed by atoms with E-state index in [0.29, 0.717) is 10.6 Å². The van der Waals surface area contributed by atoms with Gasteiger partial charge in [-0.25, -0.2) is 0 Å². The maximum Gasteiger partial charge on any atom is 0.122 e. The molecule has 18 heavy (non-hydrogen) atoms. The molecule has 100 valence electrons. The topological polar surface area (TPSA) is 56.4 Å². The van der Waals surface area contributed by atoms with Crippen LogP contribution in [0.3, 0.4) is 0 Å². The summed E-state index contributed by atoms with van der Waals surface area (Å²) in [6, 6.07) is 5.52. The Labute approximate surface area is 114 Å². The molecule has 1 rings (SSSR count). The van der Waals surface area contributed by atoms with Crippen molar-refractivity contribution in [3.63, 3.8) is 0 Å². The number of hydrogen-bond acceptors (Lipinski definition) is 3. The Hall–Kier alpha value is -1.10. The predicted molar refractivity (Wildman–Crippen MR) is 77.4 cm³/mol. The van der Waals surface area contributed by atoms with Crippen molar-refractivity contribution < 1.29 is 0 Å². The number of likely N-dealkylation sites (N-methyl/N-ethyl adjacent to an activating group) is 2. The molecule has 0 amide bonds. The van der Waals surface area contributed by atoms with Gasteiger partial charge in [-0.2, -0.15) is 0 Å². The van der Waals surface area contributed by atoms with E-state index in [1.54, 1.807) is 6.07 Å². The Morgan fingerprint density at radius 1 is 1.28 bits per heavy atom. The van der Waals surface area contributed by atoms with Gasteiger partial charge in [0.15, 0.2) is 0 Å². The Bertz CT molecular complexity index is 417. The summed E-state index contributed by atoms with van der Waals surface area (Å²) in [6.45, 7) is 2.79. The molecule has 0 saturated heterocycles. The fraction of sp³-hybridized carbons (Fsp3) is 0.462. The molecule has 0 fully saturated rings. The summed E-state index contributed by atoms with van der Waals surface area (Å²) >= 11 is 6.19. The second-order valence-electron chi connectivity index (χ2n) is 4.76. The van der Waals surface area contributed by atoms with Gasteiger partial charge in [-0.3, -0.25) is 5.41 Å². The van der Waals surface area contributed by atoms with Gasteiger partial charge in [0.25, 0.3) is 0 Å². The lowest BCUT2D eigenvalue weighted by Crippen LogP contribution is -2.28. The van der Waals surface area contributed by atoms with Crippen molar-refractivity contribution in [2.75, 3.05) is 34.2 Å². The van der Waals surface area contributed by atoms with Gasteiger partial charge in [0.05, 0.1) is 0 Å². The number of nitrogen functional groups attached to an aromatic ring is 1. The first-order valence-electron chi connectivity index (χ1n) is 5.86. The van der Waals surface area contributed by atoms with Gasteiger partial charge in [-0.1, -0.05) is 23.7 Å². The monoisotopic (exact) mass is 268 g/mol. The van der Waals surface area contributed by atoms with Crippen LogP contribution in [0.2, 0.25) is 5.02 Å². The fourth-order valence-electron chi connectivity index (χ4n) is 1.58. The molecule has 0 spiro atoms. The SMILES string of the molecule is CN(C)CCN(C)Cc1ccc(C(=N)N)cc1Cl. The van der Waals surface area contributed by atoms with Crippen molar-refractivity contribution in [3.8, 4) is 0 Å². The molecule has 4 nitrogen and oxygen atoms in total. The molecular formula is C13H21ClN4. The third kappa shape index (κ3) is 4.64. The van der Waals surface area contributed by atoms with Gasteiger partial charge in [0, 0.05) is 30.2 Å². The van der Waals surface area contributed by atoms with Crippen LogP contribution in [0.5, 0.6) is 0 Å². The molecular weight excluding hydrogens is 248 g/mol. The van der Waals surface area contributed by atoms with Crippen molar-refractivity contribution in [1.29, 1.82) is 5.41 Å². The lowest BCUT2D eigenvalue weighted by molar-refractivity contribution is 0.276. The summed E-state index contributed by atoms with van der Waals surface area (Å²) in [5.41, 5.74) is 7.15. The molecule has 0 aromatic heterocycles. The molecule has 0 heterocycles. The van der Waals surface area contributed by atoms with Crippen LogP contribution in [0.25, 0.3) is 0 Å². The van der Waals surface area contributed by atoms with E-state index in [4.69, 9.17) is 22.7 Å². The van der Waals surface area contributed by atoms with Gasteiger partial charge in [0.1, 0.15) is 5.84 Å². The minimum Gasteiger partial charge on any atom is -0.384 e. The maximum absolute atomic E-state index is 7.36. The van der Waals surface area contributed by atoms with Crippen LogP contribution >= 0.6 is 11.6 Å². The van der Waals surface area contributed by atoms with E-state index in [2.05, 4.69) is 30.9 Å². The summed E-state index contributed by atoms with van der Waals surface area (Å²) in [4.78, 5) is 4.37. The molecule has 0 aliphatic rings. The minimum absolute atomic E-state index is 0.0458. The number of nitrogens with zero attached hydrogens (tertiary/aromatic N) is 2. The third-order valence-electron chi connectivity index (χ3n) is 2.73. The predicted octanol–water partition coefficient (Wildman–Crippen LogP) is 1.62. The van der Waals surface area contributed by atoms with Crippen LogP contribution in [0, 0.1) is 5.41 Å². The molecule has 3 N–H and O–H groups in total. The smallest absolute Gasteiger partial charge is 0.122 e. The molecule has 0 unspecified atom stereocenters. The van der Waals surface area contributed by atoms with Gasteiger partial charge < -0.3 is 15.5 Å². The summed E-state index contributed by atoms with van der Waals surface area (Å²) in [7, 11) is 6.18. The van der Waals surface area contributed by atoms with Crippen LogP contribution in [-0.2, 0) is 6.54 Å². The first-order chi connectivity index (χ1) is 8.40. The lowest BCUT2D eigenvalue weighted by Gasteiger charge is -2.20. The number of amidine groups is 1. The zero-order chi connectivity index (χ0) is 13.7. The van der Waals surface area contributed by atoms with E-state index in [9.17, 15) is 0 Å². The first kappa shape index (κ1) is 15.0. The Morgan fingerprint density at radius 2 is 1.94 bits per heavy atom. The Balaban J connectivity index is 2.64. The van der Waals surface area contributed by atoms with Crippen LogP contribution < -0.4 is 5.73 Å².